The Morgan fingerprint density at radius 2 is 2.04 bits per heavy atom. The lowest BCUT2D eigenvalue weighted by Crippen LogP contribution is -2.36. The summed E-state index contributed by atoms with van der Waals surface area (Å²) in [5.41, 5.74) is -0.988. The van der Waals surface area contributed by atoms with Crippen molar-refractivity contribution in [2.45, 2.75) is 25.1 Å². The van der Waals surface area contributed by atoms with Gasteiger partial charge in [0.1, 0.15) is 6.10 Å². The SMILES string of the molecule is O=C(Nc1cc(C(F)(F)F)ccc1Cl)[C@@H]1[C@@H]2C[C@@H]3[C@@H]1C(=O)O[C@@H]3C2. The van der Waals surface area contributed by atoms with E-state index in [4.69, 9.17) is 16.3 Å². The fourth-order valence-corrected chi connectivity index (χ4v) is 4.54. The minimum Gasteiger partial charge on any atom is -0.462 e. The Hall–Kier alpha value is -1.76. The van der Waals surface area contributed by atoms with Gasteiger partial charge in [0.25, 0.3) is 0 Å². The van der Waals surface area contributed by atoms with Crippen LogP contribution in [-0.2, 0) is 20.5 Å². The molecule has 1 aromatic rings. The Kier molecular flexibility index (Phi) is 3.36. The van der Waals surface area contributed by atoms with E-state index in [-0.39, 0.29) is 34.6 Å². The van der Waals surface area contributed by atoms with Crippen molar-refractivity contribution in [2.24, 2.45) is 23.7 Å². The number of carbonyl (C=O) groups excluding carboxylic acids is 2. The lowest BCUT2D eigenvalue weighted by molar-refractivity contribution is -0.145. The van der Waals surface area contributed by atoms with Crippen molar-refractivity contribution in [3.8, 4) is 0 Å². The van der Waals surface area contributed by atoms with Crippen molar-refractivity contribution in [1.82, 2.24) is 0 Å². The molecule has 1 saturated heterocycles. The quantitative estimate of drug-likeness (QED) is 0.822. The van der Waals surface area contributed by atoms with Crippen molar-refractivity contribution >= 4 is 29.2 Å². The monoisotopic (exact) mass is 359 g/mol. The van der Waals surface area contributed by atoms with Gasteiger partial charge in [-0.1, -0.05) is 11.6 Å². The fraction of sp³-hybridized carbons (Fsp3) is 0.500. The van der Waals surface area contributed by atoms with E-state index in [1.807, 2.05) is 0 Å². The molecule has 0 radical (unpaired) electrons. The highest BCUT2D eigenvalue weighted by Crippen LogP contribution is 2.57. The molecule has 4 rings (SSSR count). The third-order valence-electron chi connectivity index (χ3n) is 5.34. The summed E-state index contributed by atoms with van der Waals surface area (Å²) >= 11 is 5.91. The number of amides is 1. The average molecular weight is 360 g/mol. The van der Waals surface area contributed by atoms with E-state index in [0.717, 1.165) is 24.6 Å². The molecule has 2 bridgehead atoms. The molecule has 1 aliphatic heterocycles. The van der Waals surface area contributed by atoms with Crippen LogP contribution in [0.4, 0.5) is 18.9 Å². The van der Waals surface area contributed by atoms with E-state index < -0.39 is 29.5 Å². The molecule has 2 aliphatic carbocycles. The van der Waals surface area contributed by atoms with Gasteiger partial charge >= 0.3 is 12.1 Å². The third-order valence-corrected chi connectivity index (χ3v) is 5.67. The van der Waals surface area contributed by atoms with Crippen LogP contribution < -0.4 is 5.32 Å². The summed E-state index contributed by atoms with van der Waals surface area (Å²) in [5, 5.41) is 2.49. The molecule has 24 heavy (non-hydrogen) atoms. The van der Waals surface area contributed by atoms with Gasteiger partial charge in [0.15, 0.2) is 0 Å². The van der Waals surface area contributed by atoms with Crippen LogP contribution in [0.15, 0.2) is 18.2 Å². The van der Waals surface area contributed by atoms with Crippen molar-refractivity contribution in [3.05, 3.63) is 28.8 Å². The van der Waals surface area contributed by atoms with Crippen molar-refractivity contribution in [1.29, 1.82) is 0 Å². The maximum Gasteiger partial charge on any atom is 0.416 e. The van der Waals surface area contributed by atoms with E-state index in [1.54, 1.807) is 0 Å². The molecule has 0 unspecified atom stereocenters. The summed E-state index contributed by atoms with van der Waals surface area (Å²) in [4.78, 5) is 24.5. The molecule has 8 heteroatoms. The Bertz CT molecular complexity index is 734. The summed E-state index contributed by atoms with van der Waals surface area (Å²) in [6, 6.07) is 2.76. The van der Waals surface area contributed by atoms with E-state index in [0.29, 0.717) is 6.42 Å². The molecule has 1 aromatic carbocycles. The molecular weight excluding hydrogens is 347 g/mol. The maximum atomic E-state index is 12.8. The Morgan fingerprint density at radius 3 is 2.75 bits per heavy atom. The van der Waals surface area contributed by atoms with Gasteiger partial charge < -0.3 is 10.1 Å². The molecule has 2 saturated carbocycles. The van der Waals surface area contributed by atoms with Crippen LogP contribution in [0.1, 0.15) is 18.4 Å². The van der Waals surface area contributed by atoms with E-state index >= 15 is 0 Å². The number of hydrogen-bond acceptors (Lipinski definition) is 3. The zero-order valence-electron chi connectivity index (χ0n) is 12.3. The first-order valence-corrected chi connectivity index (χ1v) is 8.01. The van der Waals surface area contributed by atoms with Crippen LogP contribution in [-0.4, -0.2) is 18.0 Å². The average Bonchev–Trinajstić information content (AvgIpc) is 3.09. The van der Waals surface area contributed by atoms with Gasteiger partial charge in [-0.3, -0.25) is 9.59 Å². The summed E-state index contributed by atoms with van der Waals surface area (Å²) in [6.45, 7) is 0. The summed E-state index contributed by atoms with van der Waals surface area (Å²) in [5.74, 6) is -1.81. The van der Waals surface area contributed by atoms with E-state index in [2.05, 4.69) is 5.32 Å². The summed E-state index contributed by atoms with van der Waals surface area (Å²) in [7, 11) is 0. The molecule has 1 amide bonds. The van der Waals surface area contributed by atoms with E-state index in [1.165, 1.54) is 0 Å². The Balaban J connectivity index is 1.58. The zero-order valence-corrected chi connectivity index (χ0v) is 13.0. The highest BCUT2D eigenvalue weighted by molar-refractivity contribution is 6.33. The van der Waals surface area contributed by atoms with Crippen LogP contribution in [0, 0.1) is 23.7 Å². The standard InChI is InChI=1S/C16H13ClF3NO3/c17-9-2-1-7(16(18,19)20)5-10(9)21-14(22)12-6-3-8-11(4-6)24-15(23)13(8)12/h1-2,5-6,8,11-13H,3-4H2,(H,21,22)/t6-,8+,11-,12-,13+/m1/s1. The maximum absolute atomic E-state index is 12.8. The number of hydrogen-bond donors (Lipinski definition) is 1. The molecule has 1 N–H and O–H groups in total. The second-order valence-electron chi connectivity index (χ2n) is 6.60. The summed E-state index contributed by atoms with van der Waals surface area (Å²) in [6.07, 6.45) is -3.25. The lowest BCUT2D eigenvalue weighted by atomic mass is 9.79. The first-order valence-electron chi connectivity index (χ1n) is 7.64. The molecule has 128 valence electrons. The van der Waals surface area contributed by atoms with Crippen LogP contribution in [0.25, 0.3) is 0 Å². The first kappa shape index (κ1) is 15.7. The van der Waals surface area contributed by atoms with Gasteiger partial charge in [0.2, 0.25) is 5.91 Å². The zero-order chi connectivity index (χ0) is 17.2. The minimum atomic E-state index is -4.53. The number of nitrogens with one attached hydrogen (secondary N) is 1. The predicted octanol–water partition coefficient (Wildman–Crippen LogP) is 3.49. The number of anilines is 1. The summed E-state index contributed by atoms with van der Waals surface area (Å²) < 4.78 is 43.7. The number of rotatable bonds is 2. The predicted molar refractivity (Wildman–Crippen MR) is 78.2 cm³/mol. The third kappa shape index (κ3) is 2.29. The number of benzene rings is 1. The van der Waals surface area contributed by atoms with Crippen molar-refractivity contribution < 1.29 is 27.5 Å². The molecular formula is C16H13ClF3NO3. The molecule has 0 aromatic heterocycles. The smallest absolute Gasteiger partial charge is 0.416 e. The van der Waals surface area contributed by atoms with E-state index in [9.17, 15) is 22.8 Å². The van der Waals surface area contributed by atoms with Gasteiger partial charge in [0.05, 0.1) is 28.1 Å². The minimum absolute atomic E-state index is 0.0198. The van der Waals surface area contributed by atoms with Gasteiger partial charge in [-0.15, -0.1) is 0 Å². The molecule has 0 spiro atoms. The van der Waals surface area contributed by atoms with Gasteiger partial charge in [0, 0.05) is 5.92 Å². The van der Waals surface area contributed by atoms with Crippen LogP contribution in [0.2, 0.25) is 5.02 Å². The normalized spacial score (nSPS) is 33.7. The Labute approximate surface area is 140 Å². The first-order chi connectivity index (χ1) is 11.3. The second kappa shape index (κ2) is 5.12. The highest BCUT2D eigenvalue weighted by Gasteiger charge is 2.63. The molecule has 3 aliphatic rings. The molecule has 5 atom stereocenters. The lowest BCUT2D eigenvalue weighted by Gasteiger charge is -2.24. The fourth-order valence-electron chi connectivity index (χ4n) is 4.38. The number of ether oxygens (including phenoxy) is 1. The number of carbonyl (C=O) groups is 2. The number of esters is 1. The van der Waals surface area contributed by atoms with Crippen molar-refractivity contribution in [2.75, 3.05) is 5.32 Å². The number of fused-ring (bicyclic) bond motifs is 1. The van der Waals surface area contributed by atoms with Crippen LogP contribution in [0.5, 0.6) is 0 Å². The van der Waals surface area contributed by atoms with Crippen LogP contribution >= 0.6 is 11.6 Å². The highest BCUT2D eigenvalue weighted by atomic mass is 35.5. The Morgan fingerprint density at radius 1 is 1.29 bits per heavy atom. The number of halogens is 4. The molecule has 4 nitrogen and oxygen atoms in total. The number of alkyl halides is 3. The van der Waals surface area contributed by atoms with Gasteiger partial charge in [-0.05, 0) is 37.0 Å². The largest absolute Gasteiger partial charge is 0.462 e. The topological polar surface area (TPSA) is 55.4 Å². The van der Waals surface area contributed by atoms with Gasteiger partial charge in [-0.25, -0.2) is 0 Å². The van der Waals surface area contributed by atoms with Crippen molar-refractivity contribution in [3.63, 3.8) is 0 Å². The van der Waals surface area contributed by atoms with Gasteiger partial charge in [-0.2, -0.15) is 13.2 Å². The van der Waals surface area contributed by atoms with Crippen LogP contribution in [0.3, 0.4) is 0 Å². The second-order valence-corrected chi connectivity index (χ2v) is 7.01. The molecule has 1 heterocycles. The molecule has 3 fully saturated rings.